The molecule has 18 heavy (non-hydrogen) atoms. The predicted molar refractivity (Wildman–Crippen MR) is 74.5 cm³/mol. The van der Waals surface area contributed by atoms with Crippen molar-refractivity contribution in [1.82, 2.24) is 0 Å². The second kappa shape index (κ2) is 9.37. The van der Waals surface area contributed by atoms with Crippen LogP contribution in [0.1, 0.15) is 79.1 Å². The summed E-state index contributed by atoms with van der Waals surface area (Å²) in [5, 5.41) is 9.10. The maximum atomic E-state index is 11.4. The third-order valence-corrected chi connectivity index (χ3v) is 2.67. The average molecular weight is 258 g/mol. The van der Waals surface area contributed by atoms with Gasteiger partial charge in [0, 0.05) is 6.42 Å². The molecule has 0 aliphatic carbocycles. The van der Waals surface area contributed by atoms with Gasteiger partial charge in [-0.25, -0.2) is 0 Å². The van der Waals surface area contributed by atoms with Gasteiger partial charge in [-0.1, -0.05) is 32.1 Å². The number of carbonyl (C=O) groups excluding carboxylic acids is 1. The van der Waals surface area contributed by atoms with Crippen molar-refractivity contribution in [2.75, 3.05) is 0 Å². The molecule has 0 rings (SSSR count). The molecular weight excluding hydrogens is 228 g/mol. The summed E-state index contributed by atoms with van der Waals surface area (Å²) in [6.07, 6.45) is 7.92. The van der Waals surface area contributed by atoms with E-state index in [1.807, 2.05) is 27.7 Å². The van der Waals surface area contributed by atoms with Crippen molar-refractivity contribution in [2.24, 2.45) is 0 Å². The highest BCUT2D eigenvalue weighted by atomic mass is 16.6. The average Bonchev–Trinajstić information content (AvgIpc) is 2.18. The van der Waals surface area contributed by atoms with Gasteiger partial charge >= 0.3 is 5.97 Å². The molecule has 0 fully saturated rings. The van der Waals surface area contributed by atoms with Gasteiger partial charge in [-0.2, -0.15) is 0 Å². The second-order valence-electron chi connectivity index (χ2n) is 6.10. The third-order valence-electron chi connectivity index (χ3n) is 2.67. The largest absolute Gasteiger partial charge is 0.460 e. The van der Waals surface area contributed by atoms with E-state index in [2.05, 4.69) is 0 Å². The van der Waals surface area contributed by atoms with E-state index in [1.165, 1.54) is 19.3 Å². The number of ether oxygens (including phenoxy) is 1. The zero-order chi connectivity index (χ0) is 14.0. The van der Waals surface area contributed by atoms with Crippen LogP contribution in [0.15, 0.2) is 0 Å². The Kier molecular flexibility index (Phi) is 9.08. The molecule has 0 heterocycles. The molecule has 0 aromatic carbocycles. The Morgan fingerprint density at radius 2 is 1.56 bits per heavy atom. The first-order valence-electron chi connectivity index (χ1n) is 7.21. The summed E-state index contributed by atoms with van der Waals surface area (Å²) in [5.41, 5.74) is -0.363. The van der Waals surface area contributed by atoms with E-state index >= 15 is 0 Å². The Morgan fingerprint density at radius 3 is 2.06 bits per heavy atom. The van der Waals surface area contributed by atoms with Crippen molar-refractivity contribution < 1.29 is 14.6 Å². The first-order valence-corrected chi connectivity index (χ1v) is 7.21. The van der Waals surface area contributed by atoms with Gasteiger partial charge in [0.2, 0.25) is 0 Å². The van der Waals surface area contributed by atoms with E-state index < -0.39 is 0 Å². The van der Waals surface area contributed by atoms with Crippen molar-refractivity contribution >= 4 is 5.97 Å². The molecule has 3 heteroatoms. The first-order chi connectivity index (χ1) is 8.31. The summed E-state index contributed by atoms with van der Waals surface area (Å²) in [4.78, 5) is 11.4. The van der Waals surface area contributed by atoms with Crippen LogP contribution in [0.3, 0.4) is 0 Å². The topological polar surface area (TPSA) is 46.5 Å². The summed E-state index contributed by atoms with van der Waals surface area (Å²) in [6, 6.07) is 0. The number of hydrogen-bond donors (Lipinski definition) is 1. The van der Waals surface area contributed by atoms with Crippen LogP contribution in [0.2, 0.25) is 0 Å². The van der Waals surface area contributed by atoms with E-state index in [9.17, 15) is 4.79 Å². The molecule has 0 saturated carbocycles. The highest BCUT2D eigenvalue weighted by Gasteiger charge is 2.15. The summed E-state index contributed by atoms with van der Waals surface area (Å²) in [7, 11) is 0. The lowest BCUT2D eigenvalue weighted by atomic mass is 10.1. The van der Waals surface area contributed by atoms with Crippen molar-refractivity contribution in [3.63, 3.8) is 0 Å². The number of esters is 1. The van der Waals surface area contributed by atoms with Crippen LogP contribution in [0.25, 0.3) is 0 Å². The van der Waals surface area contributed by atoms with Gasteiger partial charge in [0.15, 0.2) is 0 Å². The highest BCUT2D eigenvalue weighted by Crippen LogP contribution is 2.12. The Labute approximate surface area is 112 Å². The fourth-order valence-corrected chi connectivity index (χ4v) is 1.81. The van der Waals surface area contributed by atoms with Gasteiger partial charge in [-0.3, -0.25) is 4.79 Å². The molecule has 1 unspecified atom stereocenters. The molecule has 1 atom stereocenters. The quantitative estimate of drug-likeness (QED) is 0.505. The molecule has 0 radical (unpaired) electrons. The molecule has 0 aromatic rings. The molecule has 0 aromatic heterocycles. The van der Waals surface area contributed by atoms with Crippen molar-refractivity contribution in [1.29, 1.82) is 0 Å². The molecule has 0 aliphatic rings. The third kappa shape index (κ3) is 13.5. The molecule has 3 nitrogen and oxygen atoms in total. The van der Waals surface area contributed by atoms with Crippen LogP contribution >= 0.6 is 0 Å². The number of aliphatic hydroxyl groups is 1. The van der Waals surface area contributed by atoms with E-state index in [0.29, 0.717) is 6.42 Å². The summed E-state index contributed by atoms with van der Waals surface area (Å²) in [6.45, 7) is 7.52. The minimum absolute atomic E-state index is 0.0865. The molecule has 108 valence electrons. The number of carbonyl (C=O) groups is 1. The molecule has 1 N–H and O–H groups in total. The van der Waals surface area contributed by atoms with Gasteiger partial charge in [0.1, 0.15) is 5.60 Å². The van der Waals surface area contributed by atoms with Crippen LogP contribution in [0.5, 0.6) is 0 Å². The summed E-state index contributed by atoms with van der Waals surface area (Å²) in [5.74, 6) is -0.0865. The lowest BCUT2D eigenvalue weighted by Crippen LogP contribution is -2.23. The van der Waals surface area contributed by atoms with Crippen LogP contribution in [0.4, 0.5) is 0 Å². The predicted octanol–water partition coefficient (Wildman–Crippen LogP) is 3.83. The van der Waals surface area contributed by atoms with Crippen LogP contribution in [0, 0.1) is 0 Å². The molecule has 0 spiro atoms. The van der Waals surface area contributed by atoms with E-state index in [0.717, 1.165) is 25.7 Å². The highest BCUT2D eigenvalue weighted by molar-refractivity contribution is 5.69. The lowest BCUT2D eigenvalue weighted by molar-refractivity contribution is -0.154. The van der Waals surface area contributed by atoms with Gasteiger partial charge in [0.05, 0.1) is 6.10 Å². The van der Waals surface area contributed by atoms with Crippen LogP contribution < -0.4 is 0 Å². The second-order valence-corrected chi connectivity index (χ2v) is 6.10. The van der Waals surface area contributed by atoms with E-state index in [1.54, 1.807) is 0 Å². The number of rotatable bonds is 9. The Bertz CT molecular complexity index is 216. The van der Waals surface area contributed by atoms with Gasteiger partial charge < -0.3 is 9.84 Å². The van der Waals surface area contributed by atoms with Crippen LogP contribution in [-0.4, -0.2) is 22.8 Å². The van der Waals surface area contributed by atoms with Gasteiger partial charge in [-0.15, -0.1) is 0 Å². The number of unbranched alkanes of at least 4 members (excludes halogenated alkanes) is 5. The maximum Gasteiger partial charge on any atom is 0.306 e. The molecule has 0 aliphatic heterocycles. The van der Waals surface area contributed by atoms with Gasteiger partial charge in [-0.05, 0) is 40.5 Å². The Balaban J connectivity index is 3.28. The summed E-state index contributed by atoms with van der Waals surface area (Å²) >= 11 is 0. The minimum Gasteiger partial charge on any atom is -0.460 e. The Morgan fingerprint density at radius 1 is 1.06 bits per heavy atom. The Hall–Kier alpha value is -0.570. The summed E-state index contributed by atoms with van der Waals surface area (Å²) < 4.78 is 5.24. The van der Waals surface area contributed by atoms with Crippen molar-refractivity contribution in [3.05, 3.63) is 0 Å². The molecule has 0 saturated heterocycles. The van der Waals surface area contributed by atoms with E-state index in [-0.39, 0.29) is 17.7 Å². The SMILES string of the molecule is CC(O)CCCCCCCCC(=O)OC(C)(C)C. The van der Waals surface area contributed by atoms with Crippen LogP contribution in [-0.2, 0) is 9.53 Å². The fraction of sp³-hybridized carbons (Fsp3) is 0.933. The lowest BCUT2D eigenvalue weighted by Gasteiger charge is -2.19. The fourth-order valence-electron chi connectivity index (χ4n) is 1.81. The van der Waals surface area contributed by atoms with Crippen molar-refractivity contribution in [2.45, 2.75) is 90.8 Å². The van der Waals surface area contributed by atoms with Gasteiger partial charge in [0.25, 0.3) is 0 Å². The number of hydrogen-bond acceptors (Lipinski definition) is 3. The zero-order valence-corrected chi connectivity index (χ0v) is 12.5. The van der Waals surface area contributed by atoms with E-state index in [4.69, 9.17) is 9.84 Å². The molecule has 0 bridgehead atoms. The first kappa shape index (κ1) is 17.4. The minimum atomic E-state index is -0.363. The van der Waals surface area contributed by atoms with Crippen molar-refractivity contribution in [3.8, 4) is 0 Å². The molecule has 0 amide bonds. The maximum absolute atomic E-state index is 11.4. The zero-order valence-electron chi connectivity index (χ0n) is 12.5. The smallest absolute Gasteiger partial charge is 0.306 e. The molecular formula is C15H30O3. The normalized spacial score (nSPS) is 13.4. The monoisotopic (exact) mass is 258 g/mol. The standard InChI is InChI=1S/C15H30O3/c1-13(16)11-9-7-5-6-8-10-12-14(17)18-15(2,3)4/h13,16H,5-12H2,1-4H3. The number of aliphatic hydroxyl groups excluding tert-OH is 1.